The third kappa shape index (κ3) is 3.79. The van der Waals surface area contributed by atoms with Crippen molar-refractivity contribution in [3.8, 4) is 17.2 Å². The van der Waals surface area contributed by atoms with E-state index in [0.717, 1.165) is 28.3 Å². The second-order valence-corrected chi connectivity index (χ2v) is 5.29. The molecule has 0 aliphatic carbocycles. The molecule has 1 heterocycles. The monoisotopic (exact) mass is 309 g/mol. The highest BCUT2D eigenvalue weighted by molar-refractivity contribution is 5.53. The van der Waals surface area contributed by atoms with Gasteiger partial charge in [-0.1, -0.05) is 30.3 Å². The zero-order valence-electron chi connectivity index (χ0n) is 13.0. The zero-order chi connectivity index (χ0) is 16.1. The van der Waals surface area contributed by atoms with E-state index in [1.165, 1.54) is 0 Å². The number of aryl methyl sites for hydroxylation is 1. The van der Waals surface area contributed by atoms with Crippen LogP contribution in [0.3, 0.4) is 0 Å². The molecule has 0 spiro atoms. The maximum Gasteiger partial charge on any atom is 0.226 e. The first-order valence-electron chi connectivity index (χ1n) is 7.60. The molecule has 3 rings (SSSR count). The Bertz CT molecular complexity index is 748. The summed E-state index contributed by atoms with van der Waals surface area (Å²) >= 11 is 0. The fourth-order valence-corrected chi connectivity index (χ4v) is 2.32. The molecule has 2 aromatic carbocycles. The Balaban J connectivity index is 1.61. The van der Waals surface area contributed by atoms with E-state index in [0.29, 0.717) is 18.9 Å². The lowest BCUT2D eigenvalue weighted by molar-refractivity contribution is 0.281. The number of aromatic nitrogens is 1. The van der Waals surface area contributed by atoms with Crippen LogP contribution >= 0.6 is 0 Å². The smallest absolute Gasteiger partial charge is 0.226 e. The van der Waals surface area contributed by atoms with Crippen molar-refractivity contribution in [1.82, 2.24) is 4.98 Å². The molecule has 0 unspecified atom stereocenters. The lowest BCUT2D eigenvalue weighted by Crippen LogP contribution is -2.02. The van der Waals surface area contributed by atoms with Gasteiger partial charge in [0.15, 0.2) is 0 Å². The highest BCUT2D eigenvalue weighted by Crippen LogP contribution is 2.22. The predicted molar refractivity (Wildman–Crippen MR) is 88.2 cm³/mol. The van der Waals surface area contributed by atoms with Crippen LogP contribution in [0.15, 0.2) is 59.0 Å². The van der Waals surface area contributed by atoms with Gasteiger partial charge in [-0.15, -0.1) is 0 Å². The molecule has 0 bridgehead atoms. The van der Waals surface area contributed by atoms with E-state index in [1.807, 2.05) is 61.5 Å². The van der Waals surface area contributed by atoms with Gasteiger partial charge in [-0.25, -0.2) is 4.98 Å². The lowest BCUT2D eigenvalue weighted by atomic mass is 10.2. The first kappa shape index (κ1) is 15.3. The molecule has 0 aliphatic rings. The number of hydrogen-bond donors (Lipinski definition) is 1. The minimum absolute atomic E-state index is 0.0423. The Hall–Kier alpha value is -2.59. The van der Waals surface area contributed by atoms with Crippen molar-refractivity contribution in [2.45, 2.75) is 20.0 Å². The van der Waals surface area contributed by atoms with E-state index in [2.05, 4.69) is 4.98 Å². The van der Waals surface area contributed by atoms with Crippen LogP contribution < -0.4 is 4.74 Å². The molecule has 1 aromatic heterocycles. The standard InChI is InChI=1S/C19H19NO3/c1-14-18(20-19(23-14)16-5-3-2-4-6-16)11-12-22-17-9-7-15(13-21)8-10-17/h2-10,21H,11-13H2,1H3. The van der Waals surface area contributed by atoms with Crippen LogP contribution in [0.1, 0.15) is 17.0 Å². The van der Waals surface area contributed by atoms with Crippen molar-refractivity contribution in [2.24, 2.45) is 0 Å². The van der Waals surface area contributed by atoms with Gasteiger partial charge in [-0.3, -0.25) is 0 Å². The molecule has 0 atom stereocenters. The van der Waals surface area contributed by atoms with Gasteiger partial charge >= 0.3 is 0 Å². The molecule has 0 fully saturated rings. The van der Waals surface area contributed by atoms with E-state index in [4.69, 9.17) is 14.3 Å². The van der Waals surface area contributed by atoms with Gasteiger partial charge in [0.25, 0.3) is 0 Å². The van der Waals surface area contributed by atoms with Crippen LogP contribution in [0, 0.1) is 6.92 Å². The molecule has 4 nitrogen and oxygen atoms in total. The summed E-state index contributed by atoms with van der Waals surface area (Å²) in [6.07, 6.45) is 0.684. The molecule has 0 saturated carbocycles. The summed E-state index contributed by atoms with van der Waals surface area (Å²) in [7, 11) is 0. The quantitative estimate of drug-likeness (QED) is 0.753. The molecular weight excluding hydrogens is 290 g/mol. The number of benzene rings is 2. The van der Waals surface area contributed by atoms with Crippen LogP contribution in [-0.2, 0) is 13.0 Å². The Morgan fingerprint density at radius 1 is 1.04 bits per heavy atom. The minimum atomic E-state index is 0.0423. The molecule has 1 N–H and O–H groups in total. The van der Waals surface area contributed by atoms with Crippen LogP contribution in [-0.4, -0.2) is 16.7 Å². The maximum absolute atomic E-state index is 9.02. The van der Waals surface area contributed by atoms with Gasteiger partial charge in [-0.05, 0) is 36.8 Å². The first-order chi connectivity index (χ1) is 11.3. The number of hydrogen-bond acceptors (Lipinski definition) is 4. The van der Waals surface area contributed by atoms with Gasteiger partial charge < -0.3 is 14.3 Å². The lowest BCUT2D eigenvalue weighted by Gasteiger charge is -2.05. The highest BCUT2D eigenvalue weighted by atomic mass is 16.5. The zero-order valence-corrected chi connectivity index (χ0v) is 13.0. The van der Waals surface area contributed by atoms with Crippen molar-refractivity contribution in [2.75, 3.05) is 6.61 Å². The fourth-order valence-electron chi connectivity index (χ4n) is 2.32. The summed E-state index contributed by atoms with van der Waals surface area (Å²) in [6.45, 7) is 2.49. The number of ether oxygens (including phenoxy) is 1. The van der Waals surface area contributed by atoms with Gasteiger partial charge in [0, 0.05) is 12.0 Å². The van der Waals surface area contributed by atoms with Crippen molar-refractivity contribution in [3.05, 3.63) is 71.6 Å². The van der Waals surface area contributed by atoms with Gasteiger partial charge in [0.1, 0.15) is 11.5 Å². The van der Waals surface area contributed by atoms with Crippen molar-refractivity contribution >= 4 is 0 Å². The average Bonchev–Trinajstić information content (AvgIpc) is 2.97. The highest BCUT2D eigenvalue weighted by Gasteiger charge is 2.11. The number of nitrogens with zero attached hydrogens (tertiary/aromatic N) is 1. The summed E-state index contributed by atoms with van der Waals surface area (Å²) in [4.78, 5) is 4.56. The molecule has 118 valence electrons. The van der Waals surface area contributed by atoms with Crippen LogP contribution in [0.5, 0.6) is 5.75 Å². The molecule has 4 heteroatoms. The summed E-state index contributed by atoms with van der Waals surface area (Å²) in [5.74, 6) is 2.25. The Labute approximate surface area is 135 Å². The SMILES string of the molecule is Cc1oc(-c2ccccc2)nc1CCOc1ccc(CO)cc1. The van der Waals surface area contributed by atoms with Gasteiger partial charge in [-0.2, -0.15) is 0 Å². The van der Waals surface area contributed by atoms with E-state index in [9.17, 15) is 0 Å². The molecule has 0 amide bonds. The second kappa shape index (κ2) is 7.11. The third-order valence-corrected chi connectivity index (χ3v) is 3.63. The van der Waals surface area contributed by atoms with Gasteiger partial charge in [0.2, 0.25) is 5.89 Å². The topological polar surface area (TPSA) is 55.5 Å². The maximum atomic E-state index is 9.02. The van der Waals surface area contributed by atoms with E-state index in [-0.39, 0.29) is 6.61 Å². The van der Waals surface area contributed by atoms with Crippen LogP contribution in [0.2, 0.25) is 0 Å². The molecular formula is C19H19NO3. The summed E-state index contributed by atoms with van der Waals surface area (Å²) in [6, 6.07) is 17.3. The number of aliphatic hydroxyl groups is 1. The van der Waals surface area contributed by atoms with Gasteiger partial charge in [0.05, 0.1) is 18.9 Å². The second-order valence-electron chi connectivity index (χ2n) is 5.29. The molecule has 3 aromatic rings. The van der Waals surface area contributed by atoms with Crippen molar-refractivity contribution in [1.29, 1.82) is 0 Å². The Kier molecular flexibility index (Phi) is 4.74. The molecule has 0 saturated heterocycles. The third-order valence-electron chi connectivity index (χ3n) is 3.63. The van der Waals surface area contributed by atoms with E-state index < -0.39 is 0 Å². The molecule has 0 aliphatic heterocycles. The van der Waals surface area contributed by atoms with E-state index >= 15 is 0 Å². The normalized spacial score (nSPS) is 10.7. The Morgan fingerprint density at radius 2 is 1.78 bits per heavy atom. The number of rotatable bonds is 6. The Morgan fingerprint density at radius 3 is 2.48 bits per heavy atom. The molecule has 0 radical (unpaired) electrons. The summed E-state index contributed by atoms with van der Waals surface area (Å²) in [5.41, 5.74) is 2.76. The van der Waals surface area contributed by atoms with Crippen molar-refractivity contribution in [3.63, 3.8) is 0 Å². The largest absolute Gasteiger partial charge is 0.493 e. The van der Waals surface area contributed by atoms with E-state index in [1.54, 1.807) is 0 Å². The fraction of sp³-hybridized carbons (Fsp3) is 0.211. The van der Waals surface area contributed by atoms with Crippen LogP contribution in [0.4, 0.5) is 0 Å². The minimum Gasteiger partial charge on any atom is -0.493 e. The predicted octanol–water partition coefficient (Wildman–Crippen LogP) is 3.76. The number of oxazole rings is 1. The summed E-state index contributed by atoms with van der Waals surface area (Å²) in [5, 5.41) is 9.02. The first-order valence-corrected chi connectivity index (χ1v) is 7.60. The number of aliphatic hydroxyl groups excluding tert-OH is 1. The average molecular weight is 309 g/mol. The molecule has 23 heavy (non-hydrogen) atoms. The summed E-state index contributed by atoms with van der Waals surface area (Å²) < 4.78 is 11.5. The van der Waals surface area contributed by atoms with Crippen molar-refractivity contribution < 1.29 is 14.3 Å². The van der Waals surface area contributed by atoms with Crippen LogP contribution in [0.25, 0.3) is 11.5 Å².